The van der Waals surface area contributed by atoms with Crippen molar-refractivity contribution in [2.24, 2.45) is 0 Å². The van der Waals surface area contributed by atoms with Crippen molar-refractivity contribution in [3.63, 3.8) is 0 Å². The van der Waals surface area contributed by atoms with Crippen LogP contribution >= 0.6 is 11.3 Å². The summed E-state index contributed by atoms with van der Waals surface area (Å²) >= 11 is 1.74. The fourth-order valence-electron chi connectivity index (χ4n) is 4.09. The first-order valence-electron chi connectivity index (χ1n) is 10.6. The van der Waals surface area contributed by atoms with Gasteiger partial charge in [-0.1, -0.05) is 35.6 Å². The lowest BCUT2D eigenvalue weighted by Gasteiger charge is -2.38. The predicted octanol–water partition coefficient (Wildman–Crippen LogP) is 2.55. The topological polar surface area (TPSA) is 92.4 Å². The number of hydrogen-bond acceptors (Lipinski definition) is 9. The molecule has 4 aromatic rings. The number of para-hydroxylation sites is 1. The fraction of sp³-hybridized carbons (Fsp3) is 0.364. The smallest absolute Gasteiger partial charge is 0.186 e. The number of benzene rings is 2. The van der Waals surface area contributed by atoms with Crippen molar-refractivity contribution >= 4 is 26.7 Å². The molecule has 0 aliphatic carbocycles. The van der Waals surface area contributed by atoms with Crippen LogP contribution in [0.25, 0.3) is 10.2 Å². The number of rotatable bonds is 7. The van der Waals surface area contributed by atoms with Crippen molar-refractivity contribution in [3.05, 3.63) is 59.9 Å². The Bertz CT molecular complexity index is 1140. The van der Waals surface area contributed by atoms with Crippen molar-refractivity contribution in [2.45, 2.75) is 12.6 Å². The van der Waals surface area contributed by atoms with Gasteiger partial charge in [0.05, 0.1) is 29.4 Å². The van der Waals surface area contributed by atoms with E-state index in [2.05, 4.69) is 43.5 Å². The highest BCUT2D eigenvalue weighted by Gasteiger charge is 2.31. The molecular weight excluding hydrogens is 426 g/mol. The maximum absolute atomic E-state index is 9.78. The van der Waals surface area contributed by atoms with Crippen LogP contribution in [0.1, 0.15) is 17.4 Å². The molecule has 10 heteroatoms. The van der Waals surface area contributed by atoms with E-state index in [4.69, 9.17) is 9.72 Å². The number of ether oxygens (including phenoxy) is 1. The molecule has 1 N–H and O–H groups in total. The number of anilines is 1. The second-order valence-corrected chi connectivity index (χ2v) is 8.74. The van der Waals surface area contributed by atoms with Crippen LogP contribution in [0.15, 0.2) is 48.5 Å². The molecule has 0 spiro atoms. The average molecular weight is 452 g/mol. The summed E-state index contributed by atoms with van der Waals surface area (Å²) < 4.78 is 8.25. The molecule has 1 atom stereocenters. The van der Waals surface area contributed by atoms with Crippen molar-refractivity contribution in [1.29, 1.82) is 0 Å². The van der Waals surface area contributed by atoms with Gasteiger partial charge in [-0.15, -0.1) is 5.10 Å². The molecule has 1 aliphatic rings. The second-order valence-electron chi connectivity index (χ2n) is 7.73. The summed E-state index contributed by atoms with van der Waals surface area (Å²) in [7, 11) is 1.67. The van der Waals surface area contributed by atoms with E-state index in [1.807, 2.05) is 18.2 Å². The molecule has 3 heterocycles. The van der Waals surface area contributed by atoms with Gasteiger partial charge in [0.15, 0.2) is 11.0 Å². The van der Waals surface area contributed by atoms with Crippen molar-refractivity contribution in [1.82, 2.24) is 30.1 Å². The number of aromatic nitrogens is 5. The molecule has 32 heavy (non-hydrogen) atoms. The normalized spacial score (nSPS) is 16.0. The third kappa shape index (κ3) is 4.16. The molecular formula is C22H25N7O2S. The zero-order valence-electron chi connectivity index (χ0n) is 17.8. The lowest BCUT2D eigenvalue weighted by molar-refractivity contribution is 0.171. The maximum Gasteiger partial charge on any atom is 0.186 e. The number of fused-ring (bicyclic) bond motifs is 1. The Morgan fingerprint density at radius 2 is 1.84 bits per heavy atom. The van der Waals surface area contributed by atoms with Crippen LogP contribution in [-0.4, -0.2) is 75.1 Å². The van der Waals surface area contributed by atoms with Gasteiger partial charge in [0.2, 0.25) is 0 Å². The van der Waals surface area contributed by atoms with Crippen LogP contribution in [0.2, 0.25) is 0 Å². The molecule has 166 valence electrons. The van der Waals surface area contributed by atoms with E-state index in [-0.39, 0.29) is 11.8 Å². The van der Waals surface area contributed by atoms with Crippen molar-refractivity contribution in [3.8, 4) is 5.75 Å². The largest absolute Gasteiger partial charge is 0.508 e. The third-order valence-corrected chi connectivity index (χ3v) is 6.85. The number of phenols is 1. The molecule has 1 aliphatic heterocycles. The van der Waals surface area contributed by atoms with Crippen LogP contribution < -0.4 is 4.90 Å². The minimum Gasteiger partial charge on any atom is -0.508 e. The Balaban J connectivity index is 1.39. The lowest BCUT2D eigenvalue weighted by Crippen LogP contribution is -2.48. The van der Waals surface area contributed by atoms with Crippen LogP contribution in [0.3, 0.4) is 0 Å². The standard InChI is InChI=1S/C22H25N7O2S/c1-31-15-14-29-21(24-25-26-29)20(16-6-8-17(30)9-7-16)27-10-12-28(13-11-27)22-23-18-4-2-3-5-19(18)32-22/h2-9,20,30H,10-15H2,1H3/t20-/m0/s1. The van der Waals surface area contributed by atoms with Gasteiger partial charge in [-0.05, 0) is 40.3 Å². The van der Waals surface area contributed by atoms with Crippen molar-refractivity contribution < 1.29 is 9.84 Å². The third-order valence-electron chi connectivity index (χ3n) is 5.75. The van der Waals surface area contributed by atoms with E-state index in [9.17, 15) is 5.11 Å². The number of aromatic hydroxyl groups is 1. The summed E-state index contributed by atoms with van der Waals surface area (Å²) in [6.07, 6.45) is 0. The summed E-state index contributed by atoms with van der Waals surface area (Å²) in [5.41, 5.74) is 2.10. The second kappa shape index (κ2) is 9.19. The van der Waals surface area contributed by atoms with Gasteiger partial charge in [-0.2, -0.15) is 0 Å². The average Bonchev–Trinajstić information content (AvgIpc) is 3.47. The number of phenolic OH excluding ortho intramolecular Hbond substituents is 1. The predicted molar refractivity (Wildman–Crippen MR) is 123 cm³/mol. The molecule has 2 aromatic carbocycles. The Labute approximate surface area is 189 Å². The molecule has 5 rings (SSSR count). The van der Waals surface area contributed by atoms with Crippen LogP contribution in [0.4, 0.5) is 5.13 Å². The van der Waals surface area contributed by atoms with Gasteiger partial charge >= 0.3 is 0 Å². The van der Waals surface area contributed by atoms with Gasteiger partial charge in [0, 0.05) is 33.3 Å². The summed E-state index contributed by atoms with van der Waals surface area (Å²) in [4.78, 5) is 9.56. The number of piperazine rings is 1. The monoisotopic (exact) mass is 451 g/mol. The Morgan fingerprint density at radius 3 is 2.59 bits per heavy atom. The molecule has 1 saturated heterocycles. The van der Waals surface area contributed by atoms with Gasteiger partial charge in [-0.3, -0.25) is 4.90 Å². The van der Waals surface area contributed by atoms with Gasteiger partial charge in [0.25, 0.3) is 0 Å². The number of tetrazole rings is 1. The van der Waals surface area contributed by atoms with E-state index >= 15 is 0 Å². The highest BCUT2D eigenvalue weighted by Crippen LogP contribution is 2.32. The Morgan fingerprint density at radius 1 is 1.06 bits per heavy atom. The van der Waals surface area contributed by atoms with E-state index in [0.717, 1.165) is 48.2 Å². The number of nitrogens with zero attached hydrogens (tertiary/aromatic N) is 7. The van der Waals surface area contributed by atoms with E-state index < -0.39 is 0 Å². The SMILES string of the molecule is COCCn1nnnc1[C@H](c1ccc(O)cc1)N1CCN(c2nc3ccccc3s2)CC1. The molecule has 0 amide bonds. The summed E-state index contributed by atoms with van der Waals surface area (Å²) in [5.74, 6) is 1.02. The van der Waals surface area contributed by atoms with Gasteiger partial charge in [0.1, 0.15) is 5.75 Å². The first-order valence-corrected chi connectivity index (χ1v) is 11.4. The minimum absolute atomic E-state index is 0.111. The van der Waals surface area contributed by atoms with E-state index in [1.54, 1.807) is 35.3 Å². The van der Waals surface area contributed by atoms with Crippen LogP contribution in [-0.2, 0) is 11.3 Å². The van der Waals surface area contributed by atoms with Crippen molar-refractivity contribution in [2.75, 3.05) is 44.8 Å². The molecule has 2 aromatic heterocycles. The quantitative estimate of drug-likeness (QED) is 0.458. The molecule has 0 bridgehead atoms. The summed E-state index contributed by atoms with van der Waals surface area (Å²) in [6.45, 7) is 4.55. The highest BCUT2D eigenvalue weighted by molar-refractivity contribution is 7.22. The van der Waals surface area contributed by atoms with E-state index in [0.29, 0.717) is 13.2 Å². The molecule has 0 saturated carbocycles. The van der Waals surface area contributed by atoms with E-state index in [1.165, 1.54) is 4.70 Å². The number of hydrogen-bond donors (Lipinski definition) is 1. The maximum atomic E-state index is 9.78. The zero-order chi connectivity index (χ0) is 21.9. The zero-order valence-corrected chi connectivity index (χ0v) is 18.6. The molecule has 0 radical (unpaired) electrons. The molecule has 9 nitrogen and oxygen atoms in total. The fourth-order valence-corrected chi connectivity index (χ4v) is 5.11. The first-order chi connectivity index (χ1) is 15.7. The summed E-state index contributed by atoms with van der Waals surface area (Å²) in [5, 5.41) is 23.3. The van der Waals surface area contributed by atoms with Crippen LogP contribution in [0.5, 0.6) is 5.75 Å². The number of thiazole rings is 1. The Hall–Kier alpha value is -3.08. The Kier molecular flexibility index (Phi) is 5.97. The first kappa shape index (κ1) is 20.8. The van der Waals surface area contributed by atoms with Crippen LogP contribution in [0, 0.1) is 0 Å². The summed E-state index contributed by atoms with van der Waals surface area (Å²) in [6, 6.07) is 15.5. The molecule has 1 fully saturated rings. The highest BCUT2D eigenvalue weighted by atomic mass is 32.1. The minimum atomic E-state index is -0.111. The van der Waals surface area contributed by atoms with Gasteiger partial charge < -0.3 is 14.7 Å². The lowest BCUT2D eigenvalue weighted by atomic mass is 10.0. The number of methoxy groups -OCH3 is 1. The van der Waals surface area contributed by atoms with Gasteiger partial charge in [-0.25, -0.2) is 9.67 Å². The molecule has 0 unspecified atom stereocenters.